The SMILES string of the molecule is CC(C)=CCC(OC(=O)C=C(C)C)C1=CC(=O)c2c(O)c(N3CCOCC3)cc(O)c2C1=O. The van der Waals surface area contributed by atoms with Crippen LogP contribution in [-0.4, -0.2) is 60.2 Å². The number of phenolic OH excluding ortho intramolecular Hbond substituents is 2. The van der Waals surface area contributed by atoms with Gasteiger partial charge in [0.05, 0.1) is 30.0 Å². The first-order valence-corrected chi connectivity index (χ1v) is 10.8. The number of Topliss-reactive ketones (excluding diaryl/α,β-unsaturated/α-hetero) is 1. The molecule has 0 aromatic heterocycles. The largest absolute Gasteiger partial charge is 0.507 e. The zero-order chi connectivity index (χ0) is 24.3. The average molecular weight is 456 g/mol. The number of phenols is 2. The van der Waals surface area contributed by atoms with E-state index in [1.54, 1.807) is 24.8 Å². The molecule has 0 amide bonds. The van der Waals surface area contributed by atoms with Gasteiger partial charge < -0.3 is 24.6 Å². The number of hydrogen-bond acceptors (Lipinski definition) is 8. The van der Waals surface area contributed by atoms with Crippen LogP contribution in [0.25, 0.3) is 0 Å². The van der Waals surface area contributed by atoms with Crippen LogP contribution < -0.4 is 4.90 Å². The third-order valence-electron chi connectivity index (χ3n) is 5.39. The third kappa shape index (κ3) is 5.34. The zero-order valence-electron chi connectivity index (χ0n) is 19.3. The van der Waals surface area contributed by atoms with Gasteiger partial charge in [0.2, 0.25) is 0 Å². The number of carbonyl (C=O) groups excluding carboxylic acids is 3. The van der Waals surface area contributed by atoms with E-state index in [1.807, 2.05) is 13.8 Å². The van der Waals surface area contributed by atoms with Crippen LogP contribution >= 0.6 is 0 Å². The fourth-order valence-electron chi connectivity index (χ4n) is 3.81. The van der Waals surface area contributed by atoms with Gasteiger partial charge in [-0.1, -0.05) is 17.2 Å². The van der Waals surface area contributed by atoms with E-state index in [-0.39, 0.29) is 34.6 Å². The van der Waals surface area contributed by atoms with E-state index >= 15 is 0 Å². The predicted molar refractivity (Wildman–Crippen MR) is 123 cm³/mol. The number of anilines is 1. The normalized spacial score (nSPS) is 16.5. The van der Waals surface area contributed by atoms with E-state index < -0.39 is 29.4 Å². The summed E-state index contributed by atoms with van der Waals surface area (Å²) in [5, 5.41) is 21.5. The molecule has 33 heavy (non-hydrogen) atoms. The fraction of sp³-hybridized carbons (Fsp3) is 0.400. The van der Waals surface area contributed by atoms with Crippen molar-refractivity contribution in [3.63, 3.8) is 0 Å². The number of allylic oxidation sites excluding steroid dienone is 3. The summed E-state index contributed by atoms with van der Waals surface area (Å²) in [6, 6.07) is 1.29. The van der Waals surface area contributed by atoms with Gasteiger partial charge in [-0.05, 0) is 33.8 Å². The van der Waals surface area contributed by atoms with Crippen molar-refractivity contribution in [2.75, 3.05) is 31.2 Å². The van der Waals surface area contributed by atoms with Gasteiger partial charge in [0.15, 0.2) is 17.3 Å². The molecular formula is C25H29NO7. The van der Waals surface area contributed by atoms with Gasteiger partial charge in [0, 0.05) is 37.2 Å². The molecule has 1 heterocycles. The van der Waals surface area contributed by atoms with Crippen LogP contribution in [0.4, 0.5) is 5.69 Å². The summed E-state index contributed by atoms with van der Waals surface area (Å²) in [5.41, 5.74) is 1.36. The number of aromatic hydroxyl groups is 2. The van der Waals surface area contributed by atoms with E-state index in [0.29, 0.717) is 26.3 Å². The van der Waals surface area contributed by atoms with Crippen LogP contribution in [0.2, 0.25) is 0 Å². The highest BCUT2D eigenvalue weighted by Crippen LogP contribution is 2.43. The van der Waals surface area contributed by atoms with Gasteiger partial charge in [0.1, 0.15) is 11.9 Å². The quantitative estimate of drug-likeness (QED) is 0.290. The first-order chi connectivity index (χ1) is 15.6. The maximum Gasteiger partial charge on any atom is 0.331 e. The Morgan fingerprint density at radius 1 is 1.12 bits per heavy atom. The van der Waals surface area contributed by atoms with Gasteiger partial charge in [-0.3, -0.25) is 9.59 Å². The van der Waals surface area contributed by atoms with Crippen molar-refractivity contribution in [3.8, 4) is 11.5 Å². The molecule has 0 saturated carbocycles. The maximum atomic E-state index is 13.4. The van der Waals surface area contributed by atoms with Crippen molar-refractivity contribution < 1.29 is 34.1 Å². The lowest BCUT2D eigenvalue weighted by molar-refractivity contribution is -0.141. The van der Waals surface area contributed by atoms with E-state index in [0.717, 1.165) is 17.2 Å². The second kappa shape index (κ2) is 10.0. The molecule has 2 aliphatic rings. The number of benzene rings is 1. The second-order valence-electron chi connectivity index (χ2n) is 8.57. The van der Waals surface area contributed by atoms with Crippen molar-refractivity contribution in [3.05, 3.63) is 52.1 Å². The van der Waals surface area contributed by atoms with E-state index in [9.17, 15) is 24.6 Å². The molecule has 1 saturated heterocycles. The van der Waals surface area contributed by atoms with Crippen molar-refractivity contribution in [1.82, 2.24) is 0 Å². The number of ketones is 2. The molecule has 1 aliphatic carbocycles. The molecule has 0 radical (unpaired) electrons. The Morgan fingerprint density at radius 2 is 1.79 bits per heavy atom. The van der Waals surface area contributed by atoms with Crippen molar-refractivity contribution in [2.45, 2.75) is 40.2 Å². The minimum atomic E-state index is -1.02. The van der Waals surface area contributed by atoms with Gasteiger partial charge in [-0.25, -0.2) is 4.79 Å². The van der Waals surface area contributed by atoms with Crippen molar-refractivity contribution in [2.24, 2.45) is 0 Å². The van der Waals surface area contributed by atoms with Crippen LogP contribution in [0, 0.1) is 0 Å². The molecule has 2 N–H and O–H groups in total. The summed E-state index contributed by atoms with van der Waals surface area (Å²) >= 11 is 0. The van der Waals surface area contributed by atoms with E-state index in [1.165, 1.54) is 12.1 Å². The monoisotopic (exact) mass is 455 g/mol. The molecule has 0 bridgehead atoms. The van der Waals surface area contributed by atoms with Crippen LogP contribution in [-0.2, 0) is 14.3 Å². The lowest BCUT2D eigenvalue weighted by Crippen LogP contribution is -2.36. The number of nitrogens with zero attached hydrogens (tertiary/aromatic N) is 1. The van der Waals surface area contributed by atoms with Crippen molar-refractivity contribution in [1.29, 1.82) is 0 Å². The van der Waals surface area contributed by atoms with Crippen LogP contribution in [0.15, 0.2) is 41.0 Å². The van der Waals surface area contributed by atoms with E-state index in [4.69, 9.17) is 9.47 Å². The van der Waals surface area contributed by atoms with Gasteiger partial charge >= 0.3 is 5.97 Å². The Hall–Kier alpha value is -3.39. The number of ether oxygens (including phenoxy) is 2. The lowest BCUT2D eigenvalue weighted by atomic mass is 9.84. The average Bonchev–Trinajstić information content (AvgIpc) is 2.75. The van der Waals surface area contributed by atoms with Gasteiger partial charge in [0.25, 0.3) is 0 Å². The first-order valence-electron chi connectivity index (χ1n) is 10.8. The van der Waals surface area contributed by atoms with Crippen LogP contribution in [0.3, 0.4) is 0 Å². The van der Waals surface area contributed by atoms with Gasteiger partial charge in [-0.15, -0.1) is 0 Å². The Labute approximate surface area is 192 Å². The molecule has 8 nitrogen and oxygen atoms in total. The molecule has 1 atom stereocenters. The number of fused-ring (bicyclic) bond motifs is 1. The molecular weight excluding hydrogens is 426 g/mol. The minimum Gasteiger partial charge on any atom is -0.507 e. The molecule has 0 spiro atoms. The minimum absolute atomic E-state index is 0.0469. The zero-order valence-corrected chi connectivity index (χ0v) is 19.3. The summed E-state index contributed by atoms with van der Waals surface area (Å²) in [7, 11) is 0. The summed E-state index contributed by atoms with van der Waals surface area (Å²) in [5.74, 6) is -2.71. The smallest absolute Gasteiger partial charge is 0.331 e. The van der Waals surface area contributed by atoms with Gasteiger partial charge in [-0.2, -0.15) is 0 Å². The number of carbonyl (C=O) groups is 3. The number of rotatable bonds is 6. The highest BCUT2D eigenvalue weighted by Gasteiger charge is 2.37. The predicted octanol–water partition coefficient (Wildman–Crippen LogP) is 3.47. The number of morpholine rings is 1. The Morgan fingerprint density at radius 3 is 2.39 bits per heavy atom. The second-order valence-corrected chi connectivity index (χ2v) is 8.57. The maximum absolute atomic E-state index is 13.4. The molecule has 3 rings (SSSR count). The highest BCUT2D eigenvalue weighted by molar-refractivity contribution is 6.27. The number of hydrogen-bond donors (Lipinski definition) is 2. The topological polar surface area (TPSA) is 113 Å². The molecule has 1 aliphatic heterocycles. The third-order valence-corrected chi connectivity index (χ3v) is 5.39. The molecule has 1 fully saturated rings. The Kier molecular flexibility index (Phi) is 7.38. The summed E-state index contributed by atoms with van der Waals surface area (Å²) in [6.45, 7) is 9.04. The Balaban J connectivity index is 2.03. The molecule has 1 aromatic rings. The summed E-state index contributed by atoms with van der Waals surface area (Å²) < 4.78 is 10.8. The Bertz CT molecular complexity index is 1070. The van der Waals surface area contributed by atoms with Crippen LogP contribution in [0.1, 0.15) is 54.8 Å². The highest BCUT2D eigenvalue weighted by atomic mass is 16.5. The van der Waals surface area contributed by atoms with Crippen molar-refractivity contribution >= 4 is 23.2 Å². The summed E-state index contributed by atoms with van der Waals surface area (Å²) in [6.07, 6.45) is 3.35. The molecule has 1 aromatic carbocycles. The summed E-state index contributed by atoms with van der Waals surface area (Å²) in [4.78, 5) is 40.5. The molecule has 8 heteroatoms. The standard InChI is InChI=1S/C25H29NO7/c1-14(2)5-6-20(33-21(29)11-15(3)4)16-12-18(27)23-22(24(16)30)19(28)13-17(25(23)31)26-7-9-32-10-8-26/h5,11-13,20,28,31H,6-10H2,1-4H3. The molecule has 1 unspecified atom stereocenters. The fourth-order valence-corrected chi connectivity index (χ4v) is 3.81. The first kappa shape index (κ1) is 24.3. The van der Waals surface area contributed by atoms with Crippen LogP contribution in [0.5, 0.6) is 11.5 Å². The molecule has 176 valence electrons. The lowest BCUT2D eigenvalue weighted by Gasteiger charge is -2.31. The van der Waals surface area contributed by atoms with E-state index in [2.05, 4.69) is 0 Å². The number of esters is 1.